The minimum atomic E-state index is -0.936. The fourth-order valence-electron chi connectivity index (χ4n) is 2.40. The summed E-state index contributed by atoms with van der Waals surface area (Å²) in [6, 6.07) is 12.4. The first-order valence-corrected chi connectivity index (χ1v) is 7.07. The number of carbonyl (C=O) groups is 1. The van der Waals surface area contributed by atoms with E-state index in [9.17, 15) is 9.90 Å². The molecule has 0 amide bonds. The number of benzene rings is 2. The zero-order valence-electron chi connectivity index (χ0n) is 10.9. The van der Waals surface area contributed by atoms with Crippen molar-refractivity contribution in [1.29, 1.82) is 0 Å². The largest absolute Gasteiger partial charge is 0.478 e. The molecule has 1 N–H and O–H groups in total. The van der Waals surface area contributed by atoms with Crippen LogP contribution in [-0.4, -0.2) is 15.6 Å². The van der Waals surface area contributed by atoms with Gasteiger partial charge in [0.15, 0.2) is 0 Å². The molecule has 0 bridgehead atoms. The predicted molar refractivity (Wildman–Crippen MR) is 84.5 cm³/mol. The molecule has 0 spiro atoms. The number of halogens is 2. The van der Waals surface area contributed by atoms with E-state index in [1.54, 1.807) is 36.4 Å². The van der Waals surface area contributed by atoms with Crippen LogP contribution in [0.3, 0.4) is 0 Å². The highest BCUT2D eigenvalue weighted by atomic mass is 35.5. The van der Waals surface area contributed by atoms with Gasteiger partial charge < -0.3 is 9.67 Å². The summed E-state index contributed by atoms with van der Waals surface area (Å²) in [4.78, 5) is 11.2. The molecule has 0 aliphatic rings. The Morgan fingerprint density at radius 1 is 1.05 bits per heavy atom. The summed E-state index contributed by atoms with van der Waals surface area (Å²) in [6.45, 7) is 0.491. The Hall–Kier alpha value is -1.97. The van der Waals surface area contributed by atoms with Crippen molar-refractivity contribution in [3.8, 4) is 0 Å². The molecule has 0 fully saturated rings. The summed E-state index contributed by atoms with van der Waals surface area (Å²) in [5, 5.41) is 11.1. The maximum atomic E-state index is 11.2. The highest BCUT2D eigenvalue weighted by Gasteiger charge is 2.12. The Morgan fingerprint density at radius 3 is 2.38 bits per heavy atom. The molecule has 0 radical (unpaired) electrons. The van der Waals surface area contributed by atoms with E-state index in [1.165, 1.54) is 0 Å². The van der Waals surface area contributed by atoms with E-state index >= 15 is 0 Å². The smallest absolute Gasteiger partial charge is 0.336 e. The monoisotopic (exact) mass is 319 g/mol. The second kappa shape index (κ2) is 5.43. The van der Waals surface area contributed by atoms with E-state index in [0.29, 0.717) is 22.0 Å². The first-order chi connectivity index (χ1) is 10.1. The molecular weight excluding hydrogens is 309 g/mol. The molecule has 0 saturated heterocycles. The van der Waals surface area contributed by atoms with E-state index in [2.05, 4.69) is 0 Å². The van der Waals surface area contributed by atoms with Gasteiger partial charge in [-0.25, -0.2) is 4.79 Å². The number of nitrogens with zero attached hydrogens (tertiary/aromatic N) is 1. The molecule has 0 atom stereocenters. The summed E-state index contributed by atoms with van der Waals surface area (Å²) in [5.41, 5.74) is 1.95. The lowest BCUT2D eigenvalue weighted by molar-refractivity contribution is 0.0699. The average Bonchev–Trinajstić information content (AvgIpc) is 2.86. The van der Waals surface area contributed by atoms with Gasteiger partial charge in [-0.05, 0) is 30.3 Å². The fraction of sp³-hybridized carbons (Fsp3) is 0.0625. The number of rotatable bonds is 3. The zero-order chi connectivity index (χ0) is 15.0. The molecule has 5 heteroatoms. The van der Waals surface area contributed by atoms with E-state index < -0.39 is 5.97 Å². The Labute approximate surface area is 131 Å². The van der Waals surface area contributed by atoms with Crippen LogP contribution in [0.4, 0.5) is 0 Å². The molecule has 3 aromatic rings. The number of carboxylic acid groups (broad SMARTS) is 1. The Morgan fingerprint density at radius 2 is 1.71 bits per heavy atom. The summed E-state index contributed by atoms with van der Waals surface area (Å²) in [7, 11) is 0. The van der Waals surface area contributed by atoms with Gasteiger partial charge in [0.2, 0.25) is 0 Å². The number of aromatic carboxylic acids is 1. The highest BCUT2D eigenvalue weighted by Crippen LogP contribution is 2.27. The van der Waals surface area contributed by atoms with Gasteiger partial charge in [-0.1, -0.05) is 35.3 Å². The molecule has 21 heavy (non-hydrogen) atoms. The molecule has 3 rings (SSSR count). The number of hydrogen-bond donors (Lipinski definition) is 1. The quantitative estimate of drug-likeness (QED) is 0.760. The van der Waals surface area contributed by atoms with Crippen molar-refractivity contribution in [2.75, 3.05) is 0 Å². The molecule has 0 unspecified atom stereocenters. The molecule has 0 aliphatic carbocycles. The lowest BCUT2D eigenvalue weighted by Gasteiger charge is -2.10. The number of fused-ring (bicyclic) bond motifs is 1. The predicted octanol–water partition coefficient (Wildman–Crippen LogP) is 4.69. The van der Waals surface area contributed by atoms with Gasteiger partial charge >= 0.3 is 5.97 Å². The van der Waals surface area contributed by atoms with Crippen molar-refractivity contribution in [2.24, 2.45) is 0 Å². The molecule has 1 aromatic heterocycles. The maximum Gasteiger partial charge on any atom is 0.336 e. The van der Waals surface area contributed by atoms with E-state index in [-0.39, 0.29) is 5.56 Å². The van der Waals surface area contributed by atoms with Crippen molar-refractivity contribution < 1.29 is 9.90 Å². The maximum absolute atomic E-state index is 11.2. The van der Waals surface area contributed by atoms with Gasteiger partial charge in [0.1, 0.15) is 0 Å². The van der Waals surface area contributed by atoms with E-state index in [4.69, 9.17) is 23.2 Å². The van der Waals surface area contributed by atoms with Gasteiger partial charge in [-0.15, -0.1) is 0 Å². The Kier molecular flexibility index (Phi) is 3.62. The molecule has 3 nitrogen and oxygen atoms in total. The molecular formula is C16H11Cl2NO2. The fourth-order valence-corrected chi connectivity index (χ4v) is 2.92. The van der Waals surface area contributed by atoms with Crippen LogP contribution in [0, 0.1) is 0 Å². The van der Waals surface area contributed by atoms with Gasteiger partial charge in [-0.2, -0.15) is 0 Å². The minimum absolute atomic E-state index is 0.288. The Balaban J connectivity index is 2.10. The molecule has 0 saturated carbocycles. The highest BCUT2D eigenvalue weighted by molar-refractivity contribution is 6.36. The van der Waals surface area contributed by atoms with Crippen LogP contribution in [-0.2, 0) is 6.54 Å². The van der Waals surface area contributed by atoms with Crippen LogP contribution in [0.2, 0.25) is 10.0 Å². The van der Waals surface area contributed by atoms with Crippen molar-refractivity contribution in [2.45, 2.75) is 6.54 Å². The third-order valence-electron chi connectivity index (χ3n) is 3.43. The van der Waals surface area contributed by atoms with Crippen LogP contribution in [0.5, 0.6) is 0 Å². The first kappa shape index (κ1) is 14.0. The average molecular weight is 320 g/mol. The normalized spacial score (nSPS) is 11.0. The summed E-state index contributed by atoms with van der Waals surface area (Å²) < 4.78 is 1.94. The van der Waals surface area contributed by atoms with Crippen molar-refractivity contribution >= 4 is 40.1 Å². The third-order valence-corrected chi connectivity index (χ3v) is 4.14. The van der Waals surface area contributed by atoms with Crippen LogP contribution < -0.4 is 0 Å². The molecule has 1 heterocycles. The van der Waals surface area contributed by atoms with Crippen LogP contribution in [0.25, 0.3) is 10.9 Å². The molecule has 0 aliphatic heterocycles. The van der Waals surface area contributed by atoms with Crippen molar-refractivity contribution in [1.82, 2.24) is 4.57 Å². The zero-order valence-corrected chi connectivity index (χ0v) is 12.4. The summed E-state index contributed by atoms with van der Waals surface area (Å²) in [6.07, 6.45) is 1.84. The summed E-state index contributed by atoms with van der Waals surface area (Å²) in [5.74, 6) is -0.936. The third kappa shape index (κ3) is 2.50. The van der Waals surface area contributed by atoms with Gasteiger partial charge in [0.05, 0.1) is 12.1 Å². The van der Waals surface area contributed by atoms with Gasteiger partial charge in [-0.3, -0.25) is 0 Å². The van der Waals surface area contributed by atoms with Gasteiger partial charge in [0.25, 0.3) is 0 Å². The van der Waals surface area contributed by atoms with E-state index in [0.717, 1.165) is 11.1 Å². The van der Waals surface area contributed by atoms with Crippen LogP contribution >= 0.6 is 23.2 Å². The van der Waals surface area contributed by atoms with E-state index in [1.807, 2.05) is 16.8 Å². The van der Waals surface area contributed by atoms with Crippen LogP contribution in [0.1, 0.15) is 15.9 Å². The lowest BCUT2D eigenvalue weighted by Crippen LogP contribution is -2.01. The van der Waals surface area contributed by atoms with Gasteiger partial charge in [0, 0.05) is 32.7 Å². The van der Waals surface area contributed by atoms with Crippen molar-refractivity contribution in [3.05, 3.63) is 69.8 Å². The standard InChI is InChI=1S/C16H11Cl2NO2/c17-13-4-2-5-14(18)12(13)9-19-8-7-10-11(16(20)21)3-1-6-15(10)19/h1-8H,9H2,(H,20,21). The van der Waals surface area contributed by atoms with Crippen LogP contribution in [0.15, 0.2) is 48.7 Å². The number of aromatic nitrogens is 1. The molecule has 106 valence electrons. The minimum Gasteiger partial charge on any atom is -0.478 e. The lowest BCUT2D eigenvalue weighted by atomic mass is 10.1. The molecule has 2 aromatic carbocycles. The second-order valence-corrected chi connectivity index (χ2v) is 5.50. The SMILES string of the molecule is O=C(O)c1cccc2c1ccn2Cc1c(Cl)cccc1Cl. The van der Waals surface area contributed by atoms with Crippen molar-refractivity contribution in [3.63, 3.8) is 0 Å². The number of carboxylic acids is 1. The topological polar surface area (TPSA) is 42.2 Å². The summed E-state index contributed by atoms with van der Waals surface area (Å²) >= 11 is 12.4. The second-order valence-electron chi connectivity index (χ2n) is 4.69. The number of hydrogen-bond acceptors (Lipinski definition) is 1. The first-order valence-electron chi connectivity index (χ1n) is 6.32. The Bertz CT molecular complexity index is 819.